The minimum atomic E-state index is 0.719. The number of ether oxygens (including phenoxy) is 1. The van der Waals surface area contributed by atoms with Crippen LogP contribution in [-0.2, 0) is 6.42 Å². The monoisotopic (exact) mass is 262 g/mol. The molecule has 0 saturated heterocycles. The van der Waals surface area contributed by atoms with Gasteiger partial charge >= 0.3 is 0 Å². The van der Waals surface area contributed by atoms with E-state index in [1.54, 1.807) is 18.4 Å². The molecule has 0 aliphatic rings. The molecule has 0 radical (unpaired) electrons. The molecule has 18 heavy (non-hydrogen) atoms. The second-order valence-electron chi connectivity index (χ2n) is 4.13. The van der Waals surface area contributed by atoms with Gasteiger partial charge in [-0.1, -0.05) is 0 Å². The molecule has 0 saturated carbocycles. The zero-order valence-electron chi connectivity index (χ0n) is 10.8. The summed E-state index contributed by atoms with van der Waals surface area (Å²) in [6, 6.07) is 8.03. The summed E-state index contributed by atoms with van der Waals surface area (Å²) in [5, 5.41) is 1.17. The highest BCUT2D eigenvalue weighted by atomic mass is 32.1. The van der Waals surface area contributed by atoms with E-state index in [0.717, 1.165) is 36.4 Å². The summed E-state index contributed by atoms with van der Waals surface area (Å²) in [6.07, 6.45) is 1.97. The summed E-state index contributed by atoms with van der Waals surface area (Å²) in [7, 11) is 1.67. The standard InChI is InChI=1S/C14H18N2OS/c1-10-14(16-13(18-10)4-3-9-15)11-5-7-12(17-2)8-6-11/h5-8H,3-4,9,15H2,1-2H3. The summed E-state index contributed by atoms with van der Waals surface area (Å²) in [6.45, 7) is 2.83. The van der Waals surface area contributed by atoms with Crippen LogP contribution in [0.2, 0.25) is 0 Å². The minimum Gasteiger partial charge on any atom is -0.497 e. The zero-order valence-corrected chi connectivity index (χ0v) is 11.6. The van der Waals surface area contributed by atoms with Crippen molar-refractivity contribution in [2.24, 2.45) is 5.73 Å². The summed E-state index contributed by atoms with van der Waals surface area (Å²) in [5.41, 5.74) is 7.75. The van der Waals surface area contributed by atoms with Crippen LogP contribution in [0.3, 0.4) is 0 Å². The van der Waals surface area contributed by atoms with Crippen LogP contribution in [0.1, 0.15) is 16.3 Å². The van der Waals surface area contributed by atoms with Crippen LogP contribution in [-0.4, -0.2) is 18.6 Å². The molecule has 0 spiro atoms. The van der Waals surface area contributed by atoms with Crippen molar-refractivity contribution in [1.82, 2.24) is 4.98 Å². The Hall–Kier alpha value is -1.39. The van der Waals surface area contributed by atoms with Gasteiger partial charge in [0.05, 0.1) is 17.8 Å². The van der Waals surface area contributed by atoms with Gasteiger partial charge in [0, 0.05) is 16.9 Å². The average Bonchev–Trinajstić information content (AvgIpc) is 2.78. The quantitative estimate of drug-likeness (QED) is 0.901. The Bertz CT molecular complexity index is 505. The lowest BCUT2D eigenvalue weighted by Crippen LogP contribution is -1.99. The van der Waals surface area contributed by atoms with Crippen molar-refractivity contribution in [3.8, 4) is 17.0 Å². The van der Waals surface area contributed by atoms with Crippen LogP contribution >= 0.6 is 11.3 Å². The summed E-state index contributed by atoms with van der Waals surface area (Å²) in [5.74, 6) is 0.870. The zero-order chi connectivity index (χ0) is 13.0. The number of hydrogen-bond donors (Lipinski definition) is 1. The topological polar surface area (TPSA) is 48.1 Å². The average molecular weight is 262 g/mol. The third-order valence-electron chi connectivity index (χ3n) is 2.80. The maximum absolute atomic E-state index is 5.53. The number of hydrogen-bond acceptors (Lipinski definition) is 4. The van der Waals surface area contributed by atoms with E-state index in [4.69, 9.17) is 15.5 Å². The Morgan fingerprint density at radius 1 is 1.28 bits per heavy atom. The van der Waals surface area contributed by atoms with Gasteiger partial charge in [0.15, 0.2) is 0 Å². The smallest absolute Gasteiger partial charge is 0.118 e. The first-order valence-electron chi connectivity index (χ1n) is 6.05. The molecule has 2 rings (SSSR count). The molecule has 0 aliphatic heterocycles. The van der Waals surface area contributed by atoms with Crippen LogP contribution in [0.15, 0.2) is 24.3 Å². The van der Waals surface area contributed by atoms with Gasteiger partial charge in [-0.05, 0) is 44.2 Å². The van der Waals surface area contributed by atoms with Gasteiger partial charge in [0.25, 0.3) is 0 Å². The van der Waals surface area contributed by atoms with Crippen LogP contribution in [0, 0.1) is 6.92 Å². The summed E-state index contributed by atoms with van der Waals surface area (Å²) in [4.78, 5) is 5.95. The number of methoxy groups -OCH3 is 1. The molecule has 96 valence electrons. The number of aromatic nitrogens is 1. The largest absolute Gasteiger partial charge is 0.497 e. The molecule has 0 amide bonds. The molecule has 0 fully saturated rings. The van der Waals surface area contributed by atoms with Gasteiger partial charge in [-0.25, -0.2) is 4.98 Å². The molecule has 2 aromatic rings. The number of aryl methyl sites for hydroxylation is 2. The minimum absolute atomic E-state index is 0.719. The van der Waals surface area contributed by atoms with Crippen LogP contribution in [0.4, 0.5) is 0 Å². The number of benzene rings is 1. The lowest BCUT2D eigenvalue weighted by atomic mass is 10.1. The number of nitrogens with zero attached hydrogens (tertiary/aromatic N) is 1. The van der Waals surface area contributed by atoms with Gasteiger partial charge in [-0.15, -0.1) is 11.3 Å². The number of thiazole rings is 1. The van der Waals surface area contributed by atoms with E-state index < -0.39 is 0 Å². The van der Waals surface area contributed by atoms with E-state index >= 15 is 0 Å². The Morgan fingerprint density at radius 3 is 2.61 bits per heavy atom. The van der Waals surface area contributed by atoms with Crippen LogP contribution in [0.25, 0.3) is 11.3 Å². The van der Waals surface area contributed by atoms with Gasteiger partial charge in [-0.3, -0.25) is 0 Å². The van der Waals surface area contributed by atoms with Crippen LogP contribution in [0.5, 0.6) is 5.75 Å². The van der Waals surface area contributed by atoms with E-state index in [-0.39, 0.29) is 0 Å². The molecule has 2 N–H and O–H groups in total. The molecule has 0 unspecified atom stereocenters. The van der Waals surface area contributed by atoms with Gasteiger partial charge in [0.2, 0.25) is 0 Å². The van der Waals surface area contributed by atoms with Crippen molar-refractivity contribution < 1.29 is 4.74 Å². The normalized spacial score (nSPS) is 10.6. The highest BCUT2D eigenvalue weighted by Gasteiger charge is 2.09. The molecule has 1 heterocycles. The second kappa shape index (κ2) is 5.98. The van der Waals surface area contributed by atoms with Gasteiger partial charge in [0.1, 0.15) is 5.75 Å². The molecule has 4 heteroatoms. The first kappa shape index (κ1) is 13.1. The third-order valence-corrected chi connectivity index (χ3v) is 3.83. The van der Waals surface area contributed by atoms with E-state index in [1.807, 2.05) is 24.3 Å². The van der Waals surface area contributed by atoms with Crippen molar-refractivity contribution in [3.05, 3.63) is 34.2 Å². The third kappa shape index (κ3) is 2.89. The number of nitrogens with two attached hydrogens (primary N) is 1. The maximum Gasteiger partial charge on any atom is 0.118 e. The summed E-state index contributed by atoms with van der Waals surface area (Å²) < 4.78 is 5.16. The Labute approximate surface area is 112 Å². The second-order valence-corrected chi connectivity index (χ2v) is 5.42. The lowest BCUT2D eigenvalue weighted by molar-refractivity contribution is 0.415. The first-order valence-corrected chi connectivity index (χ1v) is 6.87. The SMILES string of the molecule is COc1ccc(-c2nc(CCCN)sc2C)cc1. The van der Waals surface area contributed by atoms with Crippen molar-refractivity contribution in [3.63, 3.8) is 0 Å². The molecule has 0 atom stereocenters. The molecule has 3 nitrogen and oxygen atoms in total. The van der Waals surface area contributed by atoms with Crippen LogP contribution < -0.4 is 10.5 Å². The Morgan fingerprint density at radius 2 is 2.00 bits per heavy atom. The molecule has 0 bridgehead atoms. The predicted octanol–water partition coefficient (Wildman–Crippen LogP) is 3.02. The Kier molecular flexibility index (Phi) is 4.33. The predicted molar refractivity (Wildman–Crippen MR) is 76.2 cm³/mol. The fourth-order valence-corrected chi connectivity index (χ4v) is 2.83. The van der Waals surface area contributed by atoms with E-state index in [2.05, 4.69) is 6.92 Å². The molecule has 1 aromatic heterocycles. The maximum atomic E-state index is 5.53. The summed E-state index contributed by atoms with van der Waals surface area (Å²) >= 11 is 1.76. The van der Waals surface area contributed by atoms with E-state index in [0.29, 0.717) is 0 Å². The van der Waals surface area contributed by atoms with Crippen molar-refractivity contribution in [2.75, 3.05) is 13.7 Å². The van der Waals surface area contributed by atoms with Gasteiger partial charge < -0.3 is 10.5 Å². The Balaban J connectivity index is 2.23. The van der Waals surface area contributed by atoms with Crippen molar-refractivity contribution >= 4 is 11.3 Å². The molecular weight excluding hydrogens is 244 g/mol. The van der Waals surface area contributed by atoms with Gasteiger partial charge in [-0.2, -0.15) is 0 Å². The van der Waals surface area contributed by atoms with E-state index in [9.17, 15) is 0 Å². The molecule has 0 aliphatic carbocycles. The van der Waals surface area contributed by atoms with Crippen molar-refractivity contribution in [1.29, 1.82) is 0 Å². The molecule has 1 aromatic carbocycles. The van der Waals surface area contributed by atoms with Crippen molar-refractivity contribution in [2.45, 2.75) is 19.8 Å². The number of rotatable bonds is 5. The lowest BCUT2D eigenvalue weighted by Gasteiger charge is -2.01. The highest BCUT2D eigenvalue weighted by Crippen LogP contribution is 2.29. The first-order chi connectivity index (χ1) is 8.74. The van der Waals surface area contributed by atoms with E-state index in [1.165, 1.54) is 9.88 Å². The fourth-order valence-electron chi connectivity index (χ4n) is 1.83. The molecular formula is C14H18N2OS. The fraction of sp³-hybridized carbons (Fsp3) is 0.357. The highest BCUT2D eigenvalue weighted by molar-refractivity contribution is 7.12.